The Morgan fingerprint density at radius 3 is 2.43 bits per heavy atom. The van der Waals surface area contributed by atoms with Crippen molar-refractivity contribution in [2.24, 2.45) is 5.10 Å². The molecular formula is C21H13Cl3N4. The van der Waals surface area contributed by atoms with E-state index in [9.17, 15) is 0 Å². The van der Waals surface area contributed by atoms with Crippen molar-refractivity contribution < 1.29 is 0 Å². The summed E-state index contributed by atoms with van der Waals surface area (Å²) in [5, 5.41) is 6.80. The lowest BCUT2D eigenvalue weighted by Gasteiger charge is -2.09. The van der Waals surface area contributed by atoms with Gasteiger partial charge in [0.2, 0.25) is 0 Å². The molecule has 1 N–H and O–H groups in total. The maximum atomic E-state index is 6.32. The molecule has 0 saturated heterocycles. The summed E-state index contributed by atoms with van der Waals surface area (Å²) in [7, 11) is 0. The lowest BCUT2D eigenvalue weighted by molar-refractivity contribution is 1.19. The largest absolute Gasteiger partial charge is 0.261 e. The third-order valence-electron chi connectivity index (χ3n) is 4.05. The van der Waals surface area contributed by atoms with Crippen LogP contribution in [-0.4, -0.2) is 16.2 Å². The van der Waals surface area contributed by atoms with Crippen molar-refractivity contribution in [2.45, 2.75) is 0 Å². The van der Waals surface area contributed by atoms with Crippen LogP contribution in [0.15, 0.2) is 71.8 Å². The van der Waals surface area contributed by atoms with Crippen LogP contribution in [-0.2, 0) is 0 Å². The molecule has 3 aromatic carbocycles. The first-order chi connectivity index (χ1) is 13.6. The monoisotopic (exact) mass is 426 g/mol. The molecular weight excluding hydrogens is 415 g/mol. The van der Waals surface area contributed by atoms with Crippen LogP contribution in [0.5, 0.6) is 0 Å². The van der Waals surface area contributed by atoms with Crippen molar-refractivity contribution in [3.8, 4) is 11.4 Å². The van der Waals surface area contributed by atoms with Crippen LogP contribution < -0.4 is 5.43 Å². The molecule has 4 aromatic rings. The second-order valence-corrected chi connectivity index (χ2v) is 7.18. The molecule has 0 saturated carbocycles. The van der Waals surface area contributed by atoms with E-state index in [1.165, 1.54) is 0 Å². The van der Waals surface area contributed by atoms with Gasteiger partial charge < -0.3 is 0 Å². The Balaban J connectivity index is 1.73. The minimum absolute atomic E-state index is 0.516. The third kappa shape index (κ3) is 3.94. The zero-order chi connectivity index (χ0) is 19.5. The Hall–Kier alpha value is -2.66. The van der Waals surface area contributed by atoms with Crippen LogP contribution in [0.25, 0.3) is 22.3 Å². The molecule has 0 bridgehead atoms. The van der Waals surface area contributed by atoms with Crippen LogP contribution in [0.2, 0.25) is 15.1 Å². The highest BCUT2D eigenvalue weighted by atomic mass is 35.5. The van der Waals surface area contributed by atoms with Crippen LogP contribution in [0.4, 0.5) is 5.82 Å². The Bertz CT molecular complexity index is 1190. The fraction of sp³-hybridized carbons (Fsp3) is 0. The molecule has 4 nitrogen and oxygen atoms in total. The molecule has 4 rings (SSSR count). The summed E-state index contributed by atoms with van der Waals surface area (Å²) in [5.41, 5.74) is 5.27. The van der Waals surface area contributed by atoms with Crippen molar-refractivity contribution in [1.82, 2.24) is 9.97 Å². The predicted molar refractivity (Wildman–Crippen MR) is 118 cm³/mol. The number of hydrogen-bond donors (Lipinski definition) is 1. The highest BCUT2D eigenvalue weighted by molar-refractivity contribution is 6.36. The normalized spacial score (nSPS) is 11.2. The first-order valence-corrected chi connectivity index (χ1v) is 9.51. The Kier molecular flexibility index (Phi) is 5.44. The van der Waals surface area contributed by atoms with Crippen molar-refractivity contribution in [3.05, 3.63) is 87.4 Å². The number of fused-ring (bicyclic) bond motifs is 1. The highest BCUT2D eigenvalue weighted by Crippen LogP contribution is 2.29. The topological polar surface area (TPSA) is 50.2 Å². The maximum absolute atomic E-state index is 6.32. The van der Waals surface area contributed by atoms with Gasteiger partial charge in [0.25, 0.3) is 0 Å². The number of para-hydroxylation sites is 1. The van der Waals surface area contributed by atoms with E-state index in [-0.39, 0.29) is 0 Å². The molecule has 0 radical (unpaired) electrons. The van der Waals surface area contributed by atoms with E-state index in [1.807, 2.05) is 48.5 Å². The molecule has 0 amide bonds. The predicted octanol–water partition coefficient (Wildman–Crippen LogP) is 6.70. The number of nitrogens with zero attached hydrogens (tertiary/aromatic N) is 3. The average molecular weight is 428 g/mol. The SMILES string of the molecule is Clc1ccc(/C=N/Nc2nc(-c3ccccc3Cl)nc3ccccc23)c(Cl)c1. The number of rotatable bonds is 4. The second-order valence-electron chi connectivity index (χ2n) is 5.93. The molecule has 1 aromatic heterocycles. The van der Waals surface area contributed by atoms with Gasteiger partial charge in [-0.3, -0.25) is 5.43 Å². The Morgan fingerprint density at radius 2 is 1.61 bits per heavy atom. The minimum Gasteiger partial charge on any atom is -0.261 e. The van der Waals surface area contributed by atoms with Gasteiger partial charge in [-0.2, -0.15) is 5.10 Å². The number of hydrazone groups is 1. The Morgan fingerprint density at radius 1 is 0.821 bits per heavy atom. The quantitative estimate of drug-likeness (QED) is 0.291. The summed E-state index contributed by atoms with van der Waals surface area (Å²) >= 11 is 18.4. The maximum Gasteiger partial charge on any atom is 0.163 e. The lowest BCUT2D eigenvalue weighted by atomic mass is 10.2. The number of halogens is 3. The minimum atomic E-state index is 0.516. The van der Waals surface area contributed by atoms with Gasteiger partial charge in [0, 0.05) is 21.5 Å². The molecule has 138 valence electrons. The molecule has 0 fully saturated rings. The van der Waals surface area contributed by atoms with Crippen molar-refractivity contribution >= 4 is 57.7 Å². The van der Waals surface area contributed by atoms with Gasteiger partial charge in [-0.1, -0.05) is 65.1 Å². The van der Waals surface area contributed by atoms with Crippen LogP contribution in [0, 0.1) is 0 Å². The number of hydrogen-bond acceptors (Lipinski definition) is 4. The van der Waals surface area contributed by atoms with Crippen molar-refractivity contribution in [1.29, 1.82) is 0 Å². The zero-order valence-corrected chi connectivity index (χ0v) is 16.7. The van der Waals surface area contributed by atoms with E-state index in [0.29, 0.717) is 26.7 Å². The van der Waals surface area contributed by atoms with E-state index in [0.717, 1.165) is 22.0 Å². The molecule has 1 heterocycles. The molecule has 0 aliphatic rings. The van der Waals surface area contributed by atoms with E-state index < -0.39 is 0 Å². The molecule has 0 spiro atoms. The van der Waals surface area contributed by atoms with E-state index in [4.69, 9.17) is 34.8 Å². The molecule has 0 unspecified atom stereocenters. The number of aromatic nitrogens is 2. The summed E-state index contributed by atoms with van der Waals surface area (Å²) in [5.74, 6) is 1.09. The van der Waals surface area contributed by atoms with Crippen molar-refractivity contribution in [3.63, 3.8) is 0 Å². The van der Waals surface area contributed by atoms with Gasteiger partial charge in [0.1, 0.15) is 0 Å². The number of anilines is 1. The van der Waals surface area contributed by atoms with Gasteiger partial charge in [-0.05, 0) is 36.4 Å². The molecule has 0 atom stereocenters. The number of nitrogens with one attached hydrogen (secondary N) is 1. The fourth-order valence-electron chi connectivity index (χ4n) is 2.69. The summed E-state index contributed by atoms with van der Waals surface area (Å²) in [6, 6.07) is 20.4. The summed E-state index contributed by atoms with van der Waals surface area (Å²) in [6.45, 7) is 0. The fourth-order valence-corrected chi connectivity index (χ4v) is 3.37. The molecule has 28 heavy (non-hydrogen) atoms. The van der Waals surface area contributed by atoms with E-state index in [2.05, 4.69) is 20.5 Å². The average Bonchev–Trinajstić information content (AvgIpc) is 2.70. The Labute approximate surface area is 176 Å². The summed E-state index contributed by atoms with van der Waals surface area (Å²) in [6.07, 6.45) is 1.62. The first kappa shape index (κ1) is 18.7. The smallest absolute Gasteiger partial charge is 0.163 e. The van der Waals surface area contributed by atoms with Crippen LogP contribution >= 0.6 is 34.8 Å². The van der Waals surface area contributed by atoms with Gasteiger partial charge >= 0.3 is 0 Å². The molecule has 0 aliphatic heterocycles. The van der Waals surface area contributed by atoms with Crippen LogP contribution in [0.1, 0.15) is 5.56 Å². The molecule has 0 aliphatic carbocycles. The second kappa shape index (κ2) is 8.15. The number of benzene rings is 3. The standard InChI is InChI=1S/C21H13Cl3N4/c22-14-10-9-13(18(24)11-14)12-25-28-21-16-6-2-4-8-19(16)26-20(27-21)15-5-1-3-7-17(15)23/h1-12H,(H,26,27,28)/b25-12+. The first-order valence-electron chi connectivity index (χ1n) is 8.37. The zero-order valence-electron chi connectivity index (χ0n) is 14.4. The van der Waals surface area contributed by atoms with Gasteiger partial charge in [0.15, 0.2) is 11.6 Å². The van der Waals surface area contributed by atoms with Crippen LogP contribution in [0.3, 0.4) is 0 Å². The highest BCUT2D eigenvalue weighted by Gasteiger charge is 2.11. The van der Waals surface area contributed by atoms with Gasteiger partial charge in [-0.25, -0.2) is 9.97 Å². The lowest BCUT2D eigenvalue weighted by Crippen LogP contribution is -1.99. The third-order valence-corrected chi connectivity index (χ3v) is 4.95. The van der Waals surface area contributed by atoms with E-state index in [1.54, 1.807) is 24.4 Å². The summed E-state index contributed by atoms with van der Waals surface area (Å²) in [4.78, 5) is 9.26. The van der Waals surface area contributed by atoms with E-state index >= 15 is 0 Å². The molecule has 7 heteroatoms. The van der Waals surface area contributed by atoms with Gasteiger partial charge in [0.05, 0.1) is 21.8 Å². The summed E-state index contributed by atoms with van der Waals surface area (Å²) < 4.78 is 0. The van der Waals surface area contributed by atoms with Crippen molar-refractivity contribution in [2.75, 3.05) is 5.43 Å². The van der Waals surface area contributed by atoms with Gasteiger partial charge in [-0.15, -0.1) is 0 Å².